The minimum atomic E-state index is -0.438. The van der Waals surface area contributed by atoms with E-state index in [0.717, 1.165) is 34.6 Å². The van der Waals surface area contributed by atoms with Gasteiger partial charge in [-0.25, -0.2) is 5.01 Å². The van der Waals surface area contributed by atoms with E-state index < -0.39 is 6.23 Å². The lowest BCUT2D eigenvalue weighted by Gasteiger charge is -2.38. The Bertz CT molecular complexity index is 997. The third-order valence-electron chi connectivity index (χ3n) is 5.04. The van der Waals surface area contributed by atoms with Gasteiger partial charge in [0.25, 0.3) is 0 Å². The summed E-state index contributed by atoms with van der Waals surface area (Å²) in [6, 6.07) is 18.1. The molecule has 0 fully saturated rings. The number of hydrogen-bond acceptors (Lipinski definition) is 5. The molecule has 4 nitrogen and oxygen atoms in total. The zero-order chi connectivity index (χ0) is 17.7. The van der Waals surface area contributed by atoms with Gasteiger partial charge in [-0.05, 0) is 36.1 Å². The fourth-order valence-corrected chi connectivity index (χ4v) is 4.43. The van der Waals surface area contributed by atoms with Crippen molar-refractivity contribution >= 4 is 17.0 Å². The van der Waals surface area contributed by atoms with Crippen molar-refractivity contribution in [3.8, 4) is 11.5 Å². The van der Waals surface area contributed by atoms with Gasteiger partial charge in [0.2, 0.25) is 6.23 Å². The predicted molar refractivity (Wildman–Crippen MR) is 103 cm³/mol. The first-order valence-electron chi connectivity index (χ1n) is 8.66. The number of aryl methyl sites for hydroxylation is 1. The number of aromatic hydroxyl groups is 1. The molecule has 1 N–H and O–H groups in total. The van der Waals surface area contributed by atoms with Crippen molar-refractivity contribution in [2.24, 2.45) is 5.10 Å². The molecule has 5 rings (SSSR count). The molecule has 2 aliphatic heterocycles. The molecule has 0 unspecified atom stereocenters. The second-order valence-corrected chi connectivity index (χ2v) is 7.59. The van der Waals surface area contributed by atoms with Crippen LogP contribution in [0.4, 0.5) is 0 Å². The molecular weight excluding hydrogens is 344 g/mol. The highest BCUT2D eigenvalue weighted by Gasteiger charge is 2.41. The fraction of sp³-hybridized carbons (Fsp3) is 0.190. The molecule has 3 aromatic rings. The maximum Gasteiger partial charge on any atom is 0.217 e. The van der Waals surface area contributed by atoms with Gasteiger partial charge in [-0.15, -0.1) is 11.3 Å². The summed E-state index contributed by atoms with van der Waals surface area (Å²) in [7, 11) is 0. The van der Waals surface area contributed by atoms with Crippen molar-refractivity contribution in [1.29, 1.82) is 0 Å². The van der Waals surface area contributed by atoms with Gasteiger partial charge in [0.15, 0.2) is 0 Å². The maximum absolute atomic E-state index is 10.6. The Kier molecular flexibility index (Phi) is 3.50. The van der Waals surface area contributed by atoms with Crippen molar-refractivity contribution < 1.29 is 9.84 Å². The highest BCUT2D eigenvalue weighted by molar-refractivity contribution is 7.12. The van der Waals surface area contributed by atoms with Gasteiger partial charge in [-0.2, -0.15) is 5.10 Å². The Morgan fingerprint density at radius 3 is 2.77 bits per heavy atom. The van der Waals surface area contributed by atoms with E-state index in [4.69, 9.17) is 9.84 Å². The highest BCUT2D eigenvalue weighted by Crippen LogP contribution is 2.49. The van der Waals surface area contributed by atoms with Crippen LogP contribution in [-0.4, -0.2) is 15.8 Å². The van der Waals surface area contributed by atoms with Crippen molar-refractivity contribution in [2.45, 2.75) is 25.6 Å². The zero-order valence-corrected chi connectivity index (χ0v) is 15.1. The number of thiophene rings is 1. The van der Waals surface area contributed by atoms with E-state index in [2.05, 4.69) is 17.5 Å². The number of rotatable bonds is 2. The number of nitrogens with zero attached hydrogens (tertiary/aromatic N) is 2. The topological polar surface area (TPSA) is 45.1 Å². The quantitative estimate of drug-likeness (QED) is 0.697. The summed E-state index contributed by atoms with van der Waals surface area (Å²) in [5, 5.41) is 19.6. The number of benzene rings is 2. The van der Waals surface area contributed by atoms with Crippen LogP contribution in [0.1, 0.15) is 40.3 Å². The molecule has 3 heterocycles. The second kappa shape index (κ2) is 5.88. The third-order valence-corrected chi connectivity index (χ3v) is 5.96. The van der Waals surface area contributed by atoms with Gasteiger partial charge >= 0.3 is 0 Å². The number of hydrogen-bond donors (Lipinski definition) is 1. The second-order valence-electron chi connectivity index (χ2n) is 6.64. The summed E-state index contributed by atoms with van der Waals surface area (Å²) in [4.78, 5) is 1.18. The van der Waals surface area contributed by atoms with E-state index in [1.165, 1.54) is 4.88 Å². The van der Waals surface area contributed by atoms with E-state index in [-0.39, 0.29) is 11.8 Å². The molecule has 0 spiro atoms. The molecule has 2 aromatic carbocycles. The molecule has 0 radical (unpaired) electrons. The lowest BCUT2D eigenvalue weighted by Crippen LogP contribution is -2.33. The van der Waals surface area contributed by atoms with E-state index in [9.17, 15) is 5.11 Å². The predicted octanol–water partition coefficient (Wildman–Crippen LogP) is 5.00. The molecule has 0 saturated heterocycles. The first kappa shape index (κ1) is 15.5. The summed E-state index contributed by atoms with van der Waals surface area (Å²) in [5.41, 5.74) is 3.80. The zero-order valence-electron chi connectivity index (χ0n) is 14.3. The standard InChI is InChI=1S/C21H18N2O2S/c1-13-6-4-8-15(20(13)24)21-23-17(14-7-2-3-9-18(14)25-21)12-16(22-23)19-10-5-11-26-19/h2-11,17,21,24H,12H2,1H3/t17-,21-/m0/s1. The third kappa shape index (κ3) is 2.31. The molecule has 0 bridgehead atoms. The number of para-hydroxylation sites is 2. The first-order chi connectivity index (χ1) is 12.7. The number of ether oxygens (including phenoxy) is 1. The van der Waals surface area contributed by atoms with E-state index in [1.807, 2.05) is 54.4 Å². The molecule has 5 heteroatoms. The van der Waals surface area contributed by atoms with Gasteiger partial charge in [-0.3, -0.25) is 0 Å². The van der Waals surface area contributed by atoms with Crippen LogP contribution in [0.15, 0.2) is 65.1 Å². The van der Waals surface area contributed by atoms with Crippen LogP contribution in [0.5, 0.6) is 11.5 Å². The van der Waals surface area contributed by atoms with Crippen LogP contribution in [0.25, 0.3) is 0 Å². The van der Waals surface area contributed by atoms with E-state index >= 15 is 0 Å². The smallest absolute Gasteiger partial charge is 0.217 e. The monoisotopic (exact) mass is 362 g/mol. The van der Waals surface area contributed by atoms with Crippen molar-refractivity contribution in [3.63, 3.8) is 0 Å². The number of phenolic OH excluding ortho intramolecular Hbond substituents is 1. The number of phenols is 1. The van der Waals surface area contributed by atoms with Gasteiger partial charge in [0.1, 0.15) is 11.5 Å². The van der Waals surface area contributed by atoms with Crippen LogP contribution in [0.2, 0.25) is 0 Å². The molecule has 130 valence electrons. The maximum atomic E-state index is 10.6. The average molecular weight is 362 g/mol. The SMILES string of the molecule is Cc1cccc([C@@H]2Oc3ccccc3[C@@H]3CC(c4cccs4)=NN32)c1O. The Balaban J connectivity index is 1.64. The number of hydrazone groups is 1. The lowest BCUT2D eigenvalue weighted by atomic mass is 9.97. The molecule has 26 heavy (non-hydrogen) atoms. The van der Waals surface area contributed by atoms with E-state index in [0.29, 0.717) is 0 Å². The van der Waals surface area contributed by atoms with Gasteiger partial charge < -0.3 is 9.84 Å². The molecule has 2 aliphatic rings. The van der Waals surface area contributed by atoms with Gasteiger partial charge in [0, 0.05) is 12.0 Å². The molecule has 1 aromatic heterocycles. The summed E-state index contributed by atoms with van der Waals surface area (Å²) in [5.74, 6) is 1.14. The largest absolute Gasteiger partial charge is 0.507 e. The summed E-state index contributed by atoms with van der Waals surface area (Å²) in [6.07, 6.45) is 0.400. The van der Waals surface area contributed by atoms with Crippen molar-refractivity contribution in [2.75, 3.05) is 0 Å². The van der Waals surface area contributed by atoms with Crippen LogP contribution in [0.3, 0.4) is 0 Å². The average Bonchev–Trinajstić information content (AvgIpc) is 3.33. The van der Waals surface area contributed by atoms with Gasteiger partial charge in [0.05, 0.1) is 22.2 Å². The summed E-state index contributed by atoms with van der Waals surface area (Å²) >= 11 is 1.70. The molecule has 0 amide bonds. The lowest BCUT2D eigenvalue weighted by molar-refractivity contribution is -0.0203. The highest BCUT2D eigenvalue weighted by atomic mass is 32.1. The molecule has 0 saturated carbocycles. The molecular formula is C21H18N2O2S. The Morgan fingerprint density at radius 2 is 1.92 bits per heavy atom. The first-order valence-corrected chi connectivity index (χ1v) is 9.54. The number of fused-ring (bicyclic) bond motifs is 3. The minimum absolute atomic E-state index is 0.113. The van der Waals surface area contributed by atoms with E-state index in [1.54, 1.807) is 11.3 Å². The Labute approximate surface area is 156 Å². The van der Waals surface area contributed by atoms with Crippen molar-refractivity contribution in [1.82, 2.24) is 5.01 Å². The van der Waals surface area contributed by atoms with Crippen LogP contribution in [0, 0.1) is 6.92 Å². The van der Waals surface area contributed by atoms with Crippen LogP contribution < -0.4 is 4.74 Å². The minimum Gasteiger partial charge on any atom is -0.507 e. The fourth-order valence-electron chi connectivity index (χ4n) is 3.71. The Morgan fingerprint density at radius 1 is 1.08 bits per heavy atom. The Hall–Kier alpha value is -2.79. The summed E-state index contributed by atoms with van der Waals surface area (Å²) in [6.45, 7) is 1.90. The molecule has 2 atom stereocenters. The van der Waals surface area contributed by atoms with Crippen LogP contribution in [-0.2, 0) is 0 Å². The van der Waals surface area contributed by atoms with Gasteiger partial charge in [-0.1, -0.05) is 36.4 Å². The van der Waals surface area contributed by atoms with Crippen LogP contribution >= 0.6 is 11.3 Å². The normalized spacial score (nSPS) is 21.0. The molecule has 0 aliphatic carbocycles. The van der Waals surface area contributed by atoms with Crippen molar-refractivity contribution in [3.05, 3.63) is 81.5 Å². The summed E-state index contributed by atoms with van der Waals surface area (Å²) < 4.78 is 6.30.